The Morgan fingerprint density at radius 2 is 2.08 bits per heavy atom. The molecule has 4 heterocycles. The highest BCUT2D eigenvalue weighted by Crippen LogP contribution is 2.47. The number of amides is 1. The lowest BCUT2D eigenvalue weighted by Gasteiger charge is -2.57. The number of aromatic nitrogens is 3. The maximum atomic E-state index is 13.3. The largest absolute Gasteiger partial charge is 0.330 e. The van der Waals surface area contributed by atoms with Crippen molar-refractivity contribution in [2.45, 2.75) is 38.8 Å². The van der Waals surface area contributed by atoms with E-state index in [2.05, 4.69) is 21.9 Å². The maximum Gasteiger partial charge on any atom is 0.274 e. The fraction of sp³-hybridized carbons (Fsp3) is 0.529. The summed E-state index contributed by atoms with van der Waals surface area (Å²) in [7, 11) is 0. The van der Waals surface area contributed by atoms with Crippen molar-refractivity contribution in [3.05, 3.63) is 29.2 Å². The Morgan fingerprint density at radius 3 is 2.75 bits per heavy atom. The average molecular weight is 343 g/mol. The quantitative estimate of drug-likeness (QED) is 0.922. The Bertz CT molecular complexity index is 756. The van der Waals surface area contributed by atoms with Gasteiger partial charge in [-0.15, -0.1) is 11.3 Å². The molecule has 1 aliphatic carbocycles. The van der Waals surface area contributed by atoms with Crippen LogP contribution in [0.2, 0.25) is 0 Å². The van der Waals surface area contributed by atoms with Gasteiger partial charge in [0, 0.05) is 31.0 Å². The van der Waals surface area contributed by atoms with Gasteiger partial charge in [0.2, 0.25) is 0 Å². The van der Waals surface area contributed by atoms with Gasteiger partial charge in [-0.25, -0.2) is 15.0 Å². The van der Waals surface area contributed by atoms with Gasteiger partial charge in [-0.05, 0) is 37.7 Å². The summed E-state index contributed by atoms with van der Waals surface area (Å²) < 4.78 is 0. The van der Waals surface area contributed by atoms with Crippen LogP contribution in [0.15, 0.2) is 18.5 Å². The standard InChI is InChI=1S/C17H21N5OS/c1-9-11-6-12(7-11)22(13(9)8-18)17(23)14-15(24-10(2)21-14)16-19-4-3-5-20-16/h3-5,9,11-13H,6-8,18H2,1-2H3/t9-,11?,12?,13-/m1/s1. The van der Waals surface area contributed by atoms with E-state index in [1.54, 1.807) is 18.5 Å². The van der Waals surface area contributed by atoms with Crippen LogP contribution in [0.4, 0.5) is 0 Å². The SMILES string of the molecule is Cc1nc(C(=O)N2C3CC(C3)[C@@H](C)[C@H]2CN)c(-c2ncccn2)s1. The van der Waals surface area contributed by atoms with Crippen LogP contribution in [0.1, 0.15) is 35.3 Å². The van der Waals surface area contributed by atoms with E-state index in [1.807, 2.05) is 11.8 Å². The molecular weight excluding hydrogens is 322 g/mol. The predicted molar refractivity (Wildman–Crippen MR) is 92.6 cm³/mol. The van der Waals surface area contributed by atoms with Gasteiger partial charge in [0.25, 0.3) is 5.91 Å². The predicted octanol–water partition coefficient (Wildman–Crippen LogP) is 2.11. The van der Waals surface area contributed by atoms with Gasteiger partial charge >= 0.3 is 0 Å². The second kappa shape index (κ2) is 5.89. The minimum absolute atomic E-state index is 0.0211. The van der Waals surface area contributed by atoms with E-state index in [9.17, 15) is 4.79 Å². The third-order valence-electron chi connectivity index (χ3n) is 5.43. The van der Waals surface area contributed by atoms with Crippen molar-refractivity contribution in [2.24, 2.45) is 17.6 Å². The normalized spacial score (nSPS) is 28.5. The fourth-order valence-electron chi connectivity index (χ4n) is 4.03. The van der Waals surface area contributed by atoms with Gasteiger partial charge in [-0.2, -0.15) is 0 Å². The average Bonchev–Trinajstić information content (AvgIpc) is 2.95. The number of fused-ring (bicyclic) bond motifs is 2. The van der Waals surface area contributed by atoms with Gasteiger partial charge in [0.05, 0.1) is 5.01 Å². The molecule has 2 N–H and O–H groups in total. The molecule has 1 amide bonds. The summed E-state index contributed by atoms with van der Waals surface area (Å²) in [5, 5.41) is 0.849. The molecule has 0 spiro atoms. The number of piperidine rings is 2. The van der Waals surface area contributed by atoms with Crippen LogP contribution in [-0.4, -0.2) is 44.4 Å². The molecular formula is C17H21N5OS. The number of carbonyl (C=O) groups is 1. The van der Waals surface area contributed by atoms with Crippen LogP contribution in [0.3, 0.4) is 0 Å². The number of aryl methyl sites for hydroxylation is 1. The smallest absolute Gasteiger partial charge is 0.274 e. The summed E-state index contributed by atoms with van der Waals surface area (Å²) >= 11 is 1.47. The first-order valence-corrected chi connectivity index (χ1v) is 9.19. The van der Waals surface area contributed by atoms with Crippen LogP contribution < -0.4 is 5.73 Å². The second-order valence-corrected chi connectivity index (χ2v) is 7.95. The van der Waals surface area contributed by atoms with Gasteiger partial charge < -0.3 is 10.6 Å². The summed E-state index contributed by atoms with van der Waals surface area (Å²) in [4.78, 5) is 29.2. The van der Waals surface area contributed by atoms with Crippen molar-refractivity contribution in [3.63, 3.8) is 0 Å². The third kappa shape index (κ3) is 2.34. The molecule has 2 atom stereocenters. The van der Waals surface area contributed by atoms with E-state index in [0.29, 0.717) is 35.9 Å². The molecule has 126 valence electrons. The molecule has 2 saturated heterocycles. The first-order valence-electron chi connectivity index (χ1n) is 8.37. The lowest BCUT2D eigenvalue weighted by molar-refractivity contribution is -0.0516. The zero-order valence-corrected chi connectivity index (χ0v) is 14.7. The lowest BCUT2D eigenvalue weighted by atomic mass is 9.64. The summed E-state index contributed by atoms with van der Waals surface area (Å²) in [6.07, 6.45) is 5.55. The molecule has 24 heavy (non-hydrogen) atoms. The molecule has 3 fully saturated rings. The molecule has 6 nitrogen and oxygen atoms in total. The highest BCUT2D eigenvalue weighted by Gasteiger charge is 2.50. The summed E-state index contributed by atoms with van der Waals surface area (Å²) in [5.74, 6) is 1.70. The van der Waals surface area contributed by atoms with E-state index < -0.39 is 0 Å². The van der Waals surface area contributed by atoms with Crippen LogP contribution in [0.25, 0.3) is 10.7 Å². The molecule has 2 bridgehead atoms. The number of rotatable bonds is 3. The number of hydrogen-bond donors (Lipinski definition) is 1. The van der Waals surface area contributed by atoms with Crippen LogP contribution in [0.5, 0.6) is 0 Å². The molecule has 0 unspecified atom stereocenters. The number of nitrogens with zero attached hydrogens (tertiary/aromatic N) is 4. The van der Waals surface area contributed by atoms with E-state index >= 15 is 0 Å². The van der Waals surface area contributed by atoms with Gasteiger partial charge in [-0.1, -0.05) is 6.92 Å². The highest BCUT2D eigenvalue weighted by molar-refractivity contribution is 7.15. The van der Waals surface area contributed by atoms with Crippen LogP contribution >= 0.6 is 11.3 Å². The van der Waals surface area contributed by atoms with Crippen molar-refractivity contribution in [3.8, 4) is 10.7 Å². The first-order chi connectivity index (χ1) is 11.6. The Morgan fingerprint density at radius 1 is 1.38 bits per heavy atom. The van der Waals surface area contributed by atoms with E-state index in [-0.39, 0.29) is 11.9 Å². The fourth-order valence-corrected chi connectivity index (χ4v) is 4.89. The molecule has 5 rings (SSSR count). The lowest BCUT2D eigenvalue weighted by Crippen LogP contribution is -2.64. The molecule has 3 aliphatic rings. The Kier molecular flexibility index (Phi) is 3.85. The second-order valence-electron chi connectivity index (χ2n) is 6.74. The van der Waals surface area contributed by atoms with Gasteiger partial charge in [0.1, 0.15) is 4.88 Å². The zero-order chi connectivity index (χ0) is 16.8. The minimum Gasteiger partial charge on any atom is -0.330 e. The van der Waals surface area contributed by atoms with Crippen molar-refractivity contribution >= 4 is 17.2 Å². The number of carbonyl (C=O) groups excluding carboxylic acids is 1. The molecule has 0 aromatic carbocycles. The van der Waals surface area contributed by atoms with Crippen molar-refractivity contribution in [1.82, 2.24) is 19.9 Å². The zero-order valence-electron chi connectivity index (χ0n) is 13.8. The maximum absolute atomic E-state index is 13.3. The minimum atomic E-state index is -0.0211. The van der Waals surface area contributed by atoms with Crippen molar-refractivity contribution in [2.75, 3.05) is 6.54 Å². The molecule has 2 aromatic heterocycles. The number of nitrogens with two attached hydrogens (primary N) is 1. The van der Waals surface area contributed by atoms with Crippen LogP contribution in [0, 0.1) is 18.8 Å². The monoisotopic (exact) mass is 343 g/mol. The third-order valence-corrected chi connectivity index (χ3v) is 6.40. The molecule has 0 radical (unpaired) electrons. The van der Waals surface area contributed by atoms with Crippen molar-refractivity contribution in [1.29, 1.82) is 0 Å². The Labute approximate surface area is 145 Å². The summed E-state index contributed by atoms with van der Waals surface area (Å²) in [6, 6.07) is 2.17. The van der Waals surface area contributed by atoms with E-state index in [1.165, 1.54) is 11.3 Å². The molecule has 7 heteroatoms. The summed E-state index contributed by atoms with van der Waals surface area (Å²) in [5.41, 5.74) is 6.47. The van der Waals surface area contributed by atoms with Crippen LogP contribution in [-0.2, 0) is 0 Å². The number of thiazole rings is 1. The van der Waals surface area contributed by atoms with Crippen molar-refractivity contribution < 1.29 is 4.79 Å². The molecule has 2 aliphatic heterocycles. The molecule has 1 saturated carbocycles. The highest BCUT2D eigenvalue weighted by atomic mass is 32.1. The van der Waals surface area contributed by atoms with Gasteiger partial charge in [-0.3, -0.25) is 4.79 Å². The van der Waals surface area contributed by atoms with Gasteiger partial charge in [0.15, 0.2) is 11.5 Å². The number of hydrogen-bond acceptors (Lipinski definition) is 6. The summed E-state index contributed by atoms with van der Waals surface area (Å²) in [6.45, 7) is 4.62. The van der Waals surface area contributed by atoms with E-state index in [4.69, 9.17) is 5.73 Å². The Hall–Kier alpha value is -1.86. The topological polar surface area (TPSA) is 85.0 Å². The Balaban J connectivity index is 1.72. The van der Waals surface area contributed by atoms with E-state index in [0.717, 1.165) is 22.7 Å². The molecule has 2 aromatic rings. The first kappa shape index (κ1) is 15.7.